The zero-order valence-electron chi connectivity index (χ0n) is 10.1. The van der Waals surface area contributed by atoms with E-state index in [0.29, 0.717) is 20.7 Å². The van der Waals surface area contributed by atoms with Gasteiger partial charge in [-0.05, 0) is 24.6 Å². The van der Waals surface area contributed by atoms with Crippen molar-refractivity contribution in [3.8, 4) is 0 Å². The molecule has 0 aliphatic carbocycles. The molecule has 7 heteroatoms. The molecule has 0 radical (unpaired) electrons. The van der Waals surface area contributed by atoms with Crippen LogP contribution in [0.3, 0.4) is 0 Å². The number of benzene rings is 1. The molecule has 2 rings (SSSR count). The van der Waals surface area contributed by atoms with Gasteiger partial charge in [0.15, 0.2) is 5.13 Å². The van der Waals surface area contributed by atoms with Crippen molar-refractivity contribution in [2.75, 3.05) is 5.73 Å². The number of carbonyl (C=O) groups is 1. The molecular weight excluding hydrogens is 284 g/mol. The van der Waals surface area contributed by atoms with Crippen LogP contribution in [0.25, 0.3) is 0 Å². The summed E-state index contributed by atoms with van der Waals surface area (Å²) in [6.07, 6.45) is 1.54. The number of amides is 1. The number of nitrogen functional groups attached to an aromatic ring is 1. The Labute approximate surface area is 119 Å². The Hall–Kier alpha value is -1.92. The molecule has 3 N–H and O–H groups in total. The number of hydrogen-bond donors (Lipinski definition) is 2. The highest BCUT2D eigenvalue weighted by Gasteiger charge is 2.12. The maximum Gasteiger partial charge on any atom is 0.283 e. The van der Waals surface area contributed by atoms with E-state index in [1.165, 1.54) is 6.21 Å². The number of anilines is 1. The van der Waals surface area contributed by atoms with Gasteiger partial charge < -0.3 is 5.73 Å². The van der Waals surface area contributed by atoms with Crippen LogP contribution in [0.4, 0.5) is 5.13 Å². The largest absolute Gasteiger partial charge is 0.375 e. The van der Waals surface area contributed by atoms with E-state index in [2.05, 4.69) is 15.5 Å². The number of nitrogens with two attached hydrogens (primary N) is 1. The number of nitrogens with one attached hydrogen (secondary N) is 1. The molecule has 0 saturated heterocycles. The zero-order chi connectivity index (χ0) is 13.8. The van der Waals surface area contributed by atoms with Crippen molar-refractivity contribution in [1.29, 1.82) is 0 Å². The molecule has 1 aromatic carbocycles. The fourth-order valence-electron chi connectivity index (χ4n) is 1.39. The van der Waals surface area contributed by atoms with E-state index in [1.54, 1.807) is 31.2 Å². The van der Waals surface area contributed by atoms with E-state index >= 15 is 0 Å². The molecule has 0 aliphatic heterocycles. The summed E-state index contributed by atoms with van der Waals surface area (Å²) in [6, 6.07) is 7.10. The highest BCUT2D eigenvalue weighted by atomic mass is 35.5. The summed E-state index contributed by atoms with van der Waals surface area (Å²) >= 11 is 6.90. The number of thiazole rings is 1. The summed E-state index contributed by atoms with van der Waals surface area (Å²) in [5.41, 5.74) is 9.39. The zero-order valence-corrected chi connectivity index (χ0v) is 11.6. The number of carbonyl (C=O) groups excluding carboxylic acids is 1. The van der Waals surface area contributed by atoms with Crippen molar-refractivity contribution in [3.05, 3.63) is 45.4 Å². The van der Waals surface area contributed by atoms with E-state index in [0.717, 1.165) is 16.9 Å². The Kier molecular flexibility index (Phi) is 4.13. The lowest BCUT2D eigenvalue weighted by Gasteiger charge is -1.97. The van der Waals surface area contributed by atoms with Crippen LogP contribution in [0.15, 0.2) is 29.4 Å². The monoisotopic (exact) mass is 294 g/mol. The second kappa shape index (κ2) is 5.81. The molecule has 2 aromatic rings. The van der Waals surface area contributed by atoms with Crippen molar-refractivity contribution in [2.24, 2.45) is 5.10 Å². The van der Waals surface area contributed by atoms with E-state index < -0.39 is 0 Å². The van der Waals surface area contributed by atoms with Gasteiger partial charge in [0.1, 0.15) is 4.88 Å². The number of hydrogen-bond acceptors (Lipinski definition) is 5. The third-order valence-corrected chi connectivity index (χ3v) is 3.51. The Morgan fingerprint density at radius 2 is 2.16 bits per heavy atom. The summed E-state index contributed by atoms with van der Waals surface area (Å²) in [7, 11) is 0. The lowest BCUT2D eigenvalue weighted by atomic mass is 10.2. The molecule has 98 valence electrons. The average molecular weight is 295 g/mol. The molecule has 1 heterocycles. The van der Waals surface area contributed by atoms with E-state index in [4.69, 9.17) is 17.3 Å². The van der Waals surface area contributed by atoms with Crippen molar-refractivity contribution in [2.45, 2.75) is 6.92 Å². The van der Waals surface area contributed by atoms with Crippen molar-refractivity contribution < 1.29 is 4.79 Å². The second-order valence-electron chi connectivity index (χ2n) is 3.72. The van der Waals surface area contributed by atoms with Gasteiger partial charge in [0, 0.05) is 5.02 Å². The number of hydrazone groups is 1. The van der Waals surface area contributed by atoms with Crippen LogP contribution in [0.5, 0.6) is 0 Å². The molecule has 1 aromatic heterocycles. The predicted molar refractivity (Wildman–Crippen MR) is 77.8 cm³/mol. The van der Waals surface area contributed by atoms with E-state index in [1.807, 2.05) is 0 Å². The highest BCUT2D eigenvalue weighted by molar-refractivity contribution is 7.17. The summed E-state index contributed by atoms with van der Waals surface area (Å²) in [6.45, 7) is 1.73. The third kappa shape index (κ3) is 3.52. The highest BCUT2D eigenvalue weighted by Crippen LogP contribution is 2.19. The number of aryl methyl sites for hydroxylation is 1. The summed E-state index contributed by atoms with van der Waals surface area (Å²) in [4.78, 5) is 16.2. The van der Waals surface area contributed by atoms with Gasteiger partial charge in [-0.1, -0.05) is 35.1 Å². The number of aromatic nitrogens is 1. The number of nitrogens with zero attached hydrogens (tertiary/aromatic N) is 2. The Morgan fingerprint density at radius 1 is 1.47 bits per heavy atom. The third-order valence-electron chi connectivity index (χ3n) is 2.27. The maximum absolute atomic E-state index is 11.8. The first kappa shape index (κ1) is 13.5. The molecule has 0 fully saturated rings. The lowest BCUT2D eigenvalue weighted by molar-refractivity contribution is 0.0958. The topological polar surface area (TPSA) is 80.4 Å². The van der Waals surface area contributed by atoms with Crippen LogP contribution in [-0.4, -0.2) is 17.1 Å². The normalized spacial score (nSPS) is 10.8. The van der Waals surface area contributed by atoms with Gasteiger partial charge in [-0.15, -0.1) is 0 Å². The van der Waals surface area contributed by atoms with E-state index in [9.17, 15) is 4.79 Å². The standard InChI is InChI=1S/C12H11ClN4OS/c1-7-10(19-12(14)16-7)11(18)17-15-6-8-2-4-9(13)5-3-8/h2-6H,1H3,(H2,14,16)(H,17,18)/b15-6+. The van der Waals surface area contributed by atoms with Gasteiger partial charge in [-0.2, -0.15) is 5.10 Å². The predicted octanol–water partition coefficient (Wildman–Crippen LogP) is 2.45. The fraction of sp³-hybridized carbons (Fsp3) is 0.0833. The lowest BCUT2D eigenvalue weighted by Crippen LogP contribution is -2.17. The molecule has 0 atom stereocenters. The van der Waals surface area contributed by atoms with Gasteiger partial charge >= 0.3 is 0 Å². The molecule has 0 spiro atoms. The first-order chi connectivity index (χ1) is 9.06. The molecule has 0 bridgehead atoms. The smallest absolute Gasteiger partial charge is 0.283 e. The minimum atomic E-state index is -0.322. The van der Waals surface area contributed by atoms with Gasteiger partial charge in [0.25, 0.3) is 5.91 Å². The van der Waals surface area contributed by atoms with Crippen molar-refractivity contribution in [1.82, 2.24) is 10.4 Å². The number of halogens is 1. The van der Waals surface area contributed by atoms with Crippen LogP contribution in [0.2, 0.25) is 5.02 Å². The summed E-state index contributed by atoms with van der Waals surface area (Å²) < 4.78 is 0. The maximum atomic E-state index is 11.8. The second-order valence-corrected chi connectivity index (χ2v) is 5.18. The summed E-state index contributed by atoms with van der Waals surface area (Å²) in [5.74, 6) is -0.322. The van der Waals surface area contributed by atoms with Gasteiger partial charge in [-0.3, -0.25) is 4.79 Å². The van der Waals surface area contributed by atoms with Crippen LogP contribution in [0.1, 0.15) is 20.9 Å². The molecular formula is C12H11ClN4OS. The van der Waals surface area contributed by atoms with Gasteiger partial charge in [0.2, 0.25) is 0 Å². The molecule has 0 unspecified atom stereocenters. The Balaban J connectivity index is 2.00. The minimum Gasteiger partial charge on any atom is -0.375 e. The van der Waals surface area contributed by atoms with Crippen LogP contribution in [-0.2, 0) is 0 Å². The SMILES string of the molecule is Cc1nc(N)sc1C(=O)N/N=C/c1ccc(Cl)cc1. The molecule has 1 amide bonds. The number of rotatable bonds is 3. The first-order valence-electron chi connectivity index (χ1n) is 5.38. The van der Waals surface area contributed by atoms with Crippen molar-refractivity contribution in [3.63, 3.8) is 0 Å². The summed E-state index contributed by atoms with van der Waals surface area (Å²) in [5, 5.41) is 4.88. The quantitative estimate of drug-likeness (QED) is 0.674. The van der Waals surface area contributed by atoms with Gasteiger partial charge in [0.05, 0.1) is 11.9 Å². The van der Waals surface area contributed by atoms with Crippen molar-refractivity contribution >= 4 is 40.2 Å². The molecule has 5 nitrogen and oxygen atoms in total. The van der Waals surface area contributed by atoms with E-state index in [-0.39, 0.29) is 5.91 Å². The first-order valence-corrected chi connectivity index (χ1v) is 6.57. The minimum absolute atomic E-state index is 0.322. The average Bonchev–Trinajstić information content (AvgIpc) is 2.71. The van der Waals surface area contributed by atoms with Gasteiger partial charge in [-0.25, -0.2) is 10.4 Å². The van der Waals surface area contributed by atoms with Crippen LogP contribution >= 0.6 is 22.9 Å². The molecule has 19 heavy (non-hydrogen) atoms. The molecule has 0 aliphatic rings. The fourth-order valence-corrected chi connectivity index (χ4v) is 2.24. The Bertz CT molecular complexity index is 621. The molecule has 0 saturated carbocycles. The van der Waals surface area contributed by atoms with Crippen LogP contribution in [0, 0.1) is 6.92 Å². The Morgan fingerprint density at radius 3 is 2.74 bits per heavy atom. The van der Waals surface area contributed by atoms with Crippen LogP contribution < -0.4 is 11.2 Å².